The summed E-state index contributed by atoms with van der Waals surface area (Å²) in [5, 5.41) is 76.9. The summed E-state index contributed by atoms with van der Waals surface area (Å²) in [6.45, 7) is 31.5. The van der Waals surface area contributed by atoms with Crippen molar-refractivity contribution < 1.29 is 57.8 Å². The van der Waals surface area contributed by atoms with Gasteiger partial charge in [0.25, 0.3) is 0 Å². The van der Waals surface area contributed by atoms with Gasteiger partial charge in [-0.2, -0.15) is 10.5 Å². The molecule has 18 heteroatoms. The third kappa shape index (κ3) is 16.8. The van der Waals surface area contributed by atoms with Crippen LogP contribution in [-0.2, 0) is 47.3 Å². The number of nitrogens with one attached hydrogen (secondary N) is 2. The SMILES string of the molecule is CCCOc1c2cc(C(C)(C)C)cc1Cc1cc(C(C)(C)C)cc(c1OCCNC(C#N)c1c3oc4cc([O-])ccc4c(-c4ccccc4C(=O)O)c-3ccc1=O)Cc1cc(C(C)(C)C)cc(c1OCCC)Cc1cc(C(C)(C)C)cc(c1OCCNC(C#N)c1c3oc4cc([O-])ccc4c(-c4ccccc4C(=O)O)c-3ccc1=O)C2. The lowest BCUT2D eigenvalue weighted by Crippen LogP contribution is -2.30. The third-order valence-electron chi connectivity index (χ3n) is 21.7. The number of hydrogen-bond donors (Lipinski definition) is 4. The van der Waals surface area contributed by atoms with Crippen molar-refractivity contribution in [3.8, 4) is 91.5 Å². The van der Waals surface area contributed by atoms with Gasteiger partial charge in [-0.1, -0.05) is 206 Å². The minimum absolute atomic E-state index is 0.00506. The molecule has 18 nitrogen and oxygen atoms in total. The van der Waals surface area contributed by atoms with Gasteiger partial charge in [0.2, 0.25) is 0 Å². The molecule has 3 aliphatic carbocycles. The first kappa shape index (κ1) is 81.8. The number of carbonyl (C=O) groups is 2. The Balaban J connectivity index is 0.935. The number of hydrogen-bond acceptors (Lipinski definition) is 16. The Hall–Kier alpha value is -12.2. The summed E-state index contributed by atoms with van der Waals surface area (Å²) in [6, 6.07) is 47.3. The van der Waals surface area contributed by atoms with Gasteiger partial charge in [-0.05, 0) is 161 Å². The molecular formula is C98H98N4O14-2. The van der Waals surface area contributed by atoms with Crippen molar-refractivity contribution in [2.75, 3.05) is 39.5 Å². The van der Waals surface area contributed by atoms with E-state index < -0.39 is 34.9 Å². The second-order valence-corrected chi connectivity index (χ2v) is 34.3. The molecule has 0 saturated carbocycles. The fourth-order valence-electron chi connectivity index (χ4n) is 15.7. The number of nitrogens with zero attached hydrogens (tertiary/aromatic N) is 2. The average molecular weight is 1560 g/mol. The smallest absolute Gasteiger partial charge is 0.336 e. The van der Waals surface area contributed by atoms with E-state index >= 15 is 0 Å². The predicted molar refractivity (Wildman–Crippen MR) is 449 cm³/mol. The molecule has 0 spiro atoms. The average Bonchev–Trinajstić information content (AvgIpc) is 0.739. The molecule has 2 aliphatic heterocycles. The van der Waals surface area contributed by atoms with E-state index in [1.165, 1.54) is 48.5 Å². The van der Waals surface area contributed by atoms with Gasteiger partial charge < -0.3 is 48.2 Å². The third-order valence-corrected chi connectivity index (χ3v) is 21.7. The lowest BCUT2D eigenvalue weighted by Gasteiger charge is -2.29. The molecule has 0 radical (unpaired) electrons. The van der Waals surface area contributed by atoms with E-state index in [4.69, 9.17) is 27.8 Å². The highest BCUT2D eigenvalue weighted by atomic mass is 16.5. The Morgan fingerprint density at radius 3 is 0.991 bits per heavy atom. The topological polar surface area (TPSA) is 290 Å². The van der Waals surface area contributed by atoms with Crippen LogP contribution >= 0.6 is 0 Å². The van der Waals surface area contributed by atoms with Gasteiger partial charge in [0.15, 0.2) is 10.9 Å². The zero-order chi connectivity index (χ0) is 83.0. The van der Waals surface area contributed by atoms with Gasteiger partial charge in [-0.15, -0.1) is 11.5 Å². The Labute approximate surface area is 676 Å². The molecule has 2 unspecified atom stereocenters. The Kier molecular flexibility index (Phi) is 23.2. The van der Waals surface area contributed by atoms with Crippen molar-refractivity contribution in [1.82, 2.24) is 10.6 Å². The molecule has 5 aliphatic rings. The summed E-state index contributed by atoms with van der Waals surface area (Å²) in [4.78, 5) is 54.4. The molecule has 2 atom stereocenters. The maximum Gasteiger partial charge on any atom is 0.336 e. The van der Waals surface area contributed by atoms with Crippen LogP contribution in [0.5, 0.6) is 34.5 Å². The van der Waals surface area contributed by atoms with Crippen molar-refractivity contribution in [2.24, 2.45) is 0 Å². The number of ether oxygens (including phenoxy) is 4. The quantitative estimate of drug-likeness (QED) is 0.0362. The minimum Gasteiger partial charge on any atom is -0.872 e. The first-order chi connectivity index (χ1) is 55.2. The van der Waals surface area contributed by atoms with Crippen LogP contribution in [0.1, 0.15) is 220 Å². The van der Waals surface area contributed by atoms with E-state index in [0.29, 0.717) is 119 Å². The molecule has 116 heavy (non-hydrogen) atoms. The van der Waals surface area contributed by atoms with E-state index in [1.54, 1.807) is 60.7 Å². The summed E-state index contributed by atoms with van der Waals surface area (Å²) in [6.07, 6.45) is 2.79. The predicted octanol–water partition coefficient (Wildman–Crippen LogP) is 18.9. The van der Waals surface area contributed by atoms with Gasteiger partial charge in [0.1, 0.15) is 71.0 Å². The molecule has 4 N–H and O–H groups in total. The monoisotopic (exact) mass is 1550 g/mol. The fourth-order valence-corrected chi connectivity index (χ4v) is 15.7. The highest BCUT2D eigenvalue weighted by molar-refractivity contribution is 6.09. The number of carboxylic acid groups (broad SMARTS) is 2. The van der Waals surface area contributed by atoms with Gasteiger partial charge in [0.05, 0.1) is 47.6 Å². The fraction of sp³-hybridized carbons (Fsp3) is 0.327. The molecule has 0 saturated heterocycles. The molecule has 0 aromatic heterocycles. The lowest BCUT2D eigenvalue weighted by molar-refractivity contribution is -0.268. The summed E-state index contributed by atoms with van der Waals surface area (Å²) >= 11 is 0. The molecule has 8 aromatic carbocycles. The van der Waals surface area contributed by atoms with Crippen molar-refractivity contribution in [3.05, 3.63) is 267 Å². The first-order valence-corrected chi connectivity index (χ1v) is 39.7. The summed E-state index contributed by atoms with van der Waals surface area (Å²) in [5.74, 6) is -0.348. The van der Waals surface area contributed by atoms with Crippen LogP contribution in [0.15, 0.2) is 176 Å². The number of fused-ring (bicyclic) bond motifs is 12. The number of carboxylic acids is 2. The van der Waals surface area contributed by atoms with E-state index in [2.05, 4.69) is 168 Å². The van der Waals surface area contributed by atoms with Crippen LogP contribution in [0, 0.1) is 22.7 Å². The summed E-state index contributed by atoms with van der Waals surface area (Å²) in [5.41, 5.74) is 11.4. The largest absolute Gasteiger partial charge is 0.872 e. The Bertz CT molecular complexity index is 5500. The van der Waals surface area contributed by atoms with Crippen LogP contribution in [-0.4, -0.2) is 61.7 Å². The van der Waals surface area contributed by atoms with Gasteiger partial charge in [-0.25, -0.2) is 9.59 Å². The molecule has 596 valence electrons. The first-order valence-electron chi connectivity index (χ1n) is 39.7. The number of benzene rings is 10. The summed E-state index contributed by atoms with van der Waals surface area (Å²) < 4.78 is 41.9. The summed E-state index contributed by atoms with van der Waals surface area (Å²) in [7, 11) is 0. The lowest BCUT2D eigenvalue weighted by atomic mass is 9.79. The van der Waals surface area contributed by atoms with Gasteiger partial charge >= 0.3 is 11.9 Å². The van der Waals surface area contributed by atoms with Gasteiger partial charge in [0, 0.05) is 71.8 Å². The standard InChI is InChI=1S/C98H100N4O14/c1-15-35-111-87-55-39-59-47-65(97(9,10)11)49-61(89(59)113-37-33-101-77(53-99)85-79(105)31-29-75-83(69-21-17-19-23-71(69)93(107)108)73-27-25-67(103)51-81(73)115-91(75)85)41-57-45-64(96(6,7)8)46-58(88(57)112-36-16-2)42-62-50-66(98(12,13)14)48-60(40-56(87)44-63(43-55)95(3,4)5)90(62)114-38-34-102-78(54-100)86-80(106)32-30-76-84(70-22-18-20-24-72(70)94(109)110)74-28-26-68(104)52-82(74)116-92(76)86/h17-32,43-52,77-78,101-104H,15-16,33-42H2,1-14H3,(H,107,108)(H,109,110)/p-2. The molecule has 0 amide bonds. The molecule has 2 heterocycles. The zero-order valence-electron chi connectivity index (χ0n) is 68.3. The van der Waals surface area contributed by atoms with Crippen molar-refractivity contribution in [2.45, 2.75) is 169 Å². The van der Waals surface area contributed by atoms with E-state index in [9.17, 15) is 50.1 Å². The van der Waals surface area contributed by atoms with Crippen LogP contribution in [0.2, 0.25) is 0 Å². The highest BCUT2D eigenvalue weighted by Crippen LogP contribution is 2.49. The Morgan fingerprint density at radius 1 is 0.422 bits per heavy atom. The van der Waals surface area contributed by atoms with E-state index in [0.717, 1.165) is 66.8 Å². The number of nitriles is 2. The number of rotatable bonds is 22. The number of aromatic carboxylic acids is 2. The van der Waals surface area contributed by atoms with Crippen LogP contribution in [0.3, 0.4) is 0 Å². The second-order valence-electron chi connectivity index (χ2n) is 34.3. The maximum atomic E-state index is 14.4. The second kappa shape index (κ2) is 32.9. The molecule has 8 aromatic rings. The van der Waals surface area contributed by atoms with Crippen LogP contribution in [0.25, 0.3) is 66.8 Å². The van der Waals surface area contributed by atoms with E-state index in [1.807, 2.05) is 0 Å². The van der Waals surface area contributed by atoms with Crippen molar-refractivity contribution in [3.63, 3.8) is 0 Å². The molecular weight excluding hydrogens is 1460 g/mol. The zero-order valence-corrected chi connectivity index (χ0v) is 68.3. The van der Waals surface area contributed by atoms with Crippen molar-refractivity contribution >= 4 is 33.9 Å². The van der Waals surface area contributed by atoms with E-state index in [-0.39, 0.29) is 104 Å². The van der Waals surface area contributed by atoms with Crippen LogP contribution < -0.4 is 50.7 Å². The minimum atomic E-state index is -1.28. The normalized spacial score (nSPS) is 13.1. The highest BCUT2D eigenvalue weighted by Gasteiger charge is 2.34. The van der Waals surface area contributed by atoms with Crippen LogP contribution in [0.4, 0.5) is 0 Å². The van der Waals surface area contributed by atoms with Crippen molar-refractivity contribution in [1.29, 1.82) is 10.5 Å². The molecule has 0 fully saturated rings. The van der Waals surface area contributed by atoms with Gasteiger partial charge in [-0.3, -0.25) is 20.2 Å². The molecule has 13 rings (SSSR count). The maximum absolute atomic E-state index is 14.4. The molecule has 8 bridgehead atoms. The Morgan fingerprint density at radius 2 is 0.716 bits per heavy atom.